The van der Waals surface area contributed by atoms with Crippen LogP contribution >= 0.6 is 0 Å². The van der Waals surface area contributed by atoms with Crippen molar-refractivity contribution in [3.05, 3.63) is 36.5 Å². The standard InChI is InChI=1S/C15H23NO2Si/c1-15(2,3)18-14(17)10-8-12-19(4,5)13-9-6-7-11-16-13/h6-11H,12H2,1-5H3/b10-8+. The van der Waals surface area contributed by atoms with Crippen LogP contribution in [-0.4, -0.2) is 24.6 Å². The van der Waals surface area contributed by atoms with Crippen molar-refractivity contribution in [3.63, 3.8) is 0 Å². The van der Waals surface area contributed by atoms with E-state index in [0.29, 0.717) is 0 Å². The summed E-state index contributed by atoms with van der Waals surface area (Å²) >= 11 is 0. The van der Waals surface area contributed by atoms with Crippen LogP contribution in [0.5, 0.6) is 0 Å². The van der Waals surface area contributed by atoms with Gasteiger partial charge < -0.3 is 4.74 Å². The fourth-order valence-electron chi connectivity index (χ4n) is 1.65. The number of rotatable bonds is 4. The minimum atomic E-state index is -1.61. The van der Waals surface area contributed by atoms with Gasteiger partial charge in [0, 0.05) is 17.6 Å². The van der Waals surface area contributed by atoms with Crippen molar-refractivity contribution >= 4 is 19.4 Å². The molecule has 0 atom stereocenters. The number of pyridine rings is 1. The lowest BCUT2D eigenvalue weighted by Gasteiger charge is -2.20. The third-order valence-electron chi connectivity index (χ3n) is 2.65. The molecule has 0 saturated carbocycles. The molecule has 1 aromatic rings. The molecule has 0 aromatic carbocycles. The molecule has 0 unspecified atom stereocenters. The first-order valence-electron chi connectivity index (χ1n) is 6.52. The molecule has 3 nitrogen and oxygen atoms in total. The van der Waals surface area contributed by atoms with Gasteiger partial charge in [0.25, 0.3) is 0 Å². The Kier molecular flexibility index (Phi) is 5.06. The number of allylic oxidation sites excluding steroid dienone is 1. The minimum absolute atomic E-state index is 0.279. The van der Waals surface area contributed by atoms with Crippen LogP contribution in [0.2, 0.25) is 19.1 Å². The van der Waals surface area contributed by atoms with Crippen molar-refractivity contribution in [3.8, 4) is 0 Å². The van der Waals surface area contributed by atoms with Crippen molar-refractivity contribution in [2.75, 3.05) is 0 Å². The van der Waals surface area contributed by atoms with Gasteiger partial charge in [-0.25, -0.2) is 4.79 Å². The average Bonchev–Trinajstić information content (AvgIpc) is 2.27. The Balaban J connectivity index is 2.59. The van der Waals surface area contributed by atoms with Crippen molar-refractivity contribution in [1.82, 2.24) is 4.98 Å². The fourth-order valence-corrected chi connectivity index (χ4v) is 3.54. The molecule has 0 amide bonds. The molecule has 0 aliphatic carbocycles. The highest BCUT2D eigenvalue weighted by molar-refractivity contribution is 6.89. The molecule has 0 bridgehead atoms. The molecule has 1 rings (SSSR count). The molecular formula is C15H23NO2Si. The number of carbonyl (C=O) groups excluding carboxylic acids is 1. The van der Waals surface area contributed by atoms with E-state index in [9.17, 15) is 4.79 Å². The maximum Gasteiger partial charge on any atom is 0.330 e. The first kappa shape index (κ1) is 15.6. The van der Waals surface area contributed by atoms with Gasteiger partial charge in [-0.2, -0.15) is 0 Å². The van der Waals surface area contributed by atoms with E-state index < -0.39 is 13.7 Å². The number of esters is 1. The quantitative estimate of drug-likeness (QED) is 0.482. The summed E-state index contributed by atoms with van der Waals surface area (Å²) < 4.78 is 5.23. The van der Waals surface area contributed by atoms with E-state index in [-0.39, 0.29) is 5.97 Å². The Morgan fingerprint density at radius 3 is 2.58 bits per heavy atom. The van der Waals surface area contributed by atoms with Gasteiger partial charge in [-0.1, -0.05) is 25.2 Å². The van der Waals surface area contributed by atoms with Gasteiger partial charge in [0.05, 0.1) is 0 Å². The van der Waals surface area contributed by atoms with Crippen LogP contribution < -0.4 is 5.32 Å². The average molecular weight is 277 g/mol. The van der Waals surface area contributed by atoms with Gasteiger partial charge >= 0.3 is 5.97 Å². The second-order valence-electron chi connectivity index (χ2n) is 6.24. The molecule has 104 valence electrons. The molecule has 1 heterocycles. The van der Waals surface area contributed by atoms with Crippen molar-refractivity contribution in [1.29, 1.82) is 0 Å². The zero-order valence-corrected chi connectivity index (χ0v) is 13.4. The van der Waals surface area contributed by atoms with E-state index in [4.69, 9.17) is 4.74 Å². The van der Waals surface area contributed by atoms with E-state index in [1.807, 2.05) is 45.2 Å². The molecule has 19 heavy (non-hydrogen) atoms. The van der Waals surface area contributed by atoms with Crippen LogP contribution in [0.25, 0.3) is 0 Å². The first-order chi connectivity index (χ1) is 8.71. The summed E-state index contributed by atoms with van der Waals surface area (Å²) in [4.78, 5) is 16.0. The summed E-state index contributed by atoms with van der Waals surface area (Å²) in [7, 11) is -1.61. The van der Waals surface area contributed by atoms with Crippen LogP contribution in [0.1, 0.15) is 20.8 Å². The summed E-state index contributed by atoms with van der Waals surface area (Å²) in [5.74, 6) is -0.279. The van der Waals surface area contributed by atoms with E-state index in [1.165, 1.54) is 6.08 Å². The van der Waals surface area contributed by atoms with Crippen molar-refractivity contribution < 1.29 is 9.53 Å². The van der Waals surface area contributed by atoms with E-state index in [0.717, 1.165) is 11.4 Å². The molecule has 0 fully saturated rings. The minimum Gasteiger partial charge on any atom is -0.457 e. The predicted molar refractivity (Wildman–Crippen MR) is 81.1 cm³/mol. The Morgan fingerprint density at radius 1 is 1.37 bits per heavy atom. The Labute approximate surface area is 116 Å². The van der Waals surface area contributed by atoms with E-state index in [2.05, 4.69) is 24.1 Å². The van der Waals surface area contributed by atoms with Crippen LogP contribution in [0, 0.1) is 0 Å². The smallest absolute Gasteiger partial charge is 0.330 e. The highest BCUT2D eigenvalue weighted by Crippen LogP contribution is 2.11. The molecule has 0 N–H and O–H groups in total. The van der Waals surface area contributed by atoms with Crippen LogP contribution in [0.15, 0.2) is 36.5 Å². The van der Waals surface area contributed by atoms with Gasteiger partial charge in [0.2, 0.25) is 0 Å². The lowest BCUT2D eigenvalue weighted by atomic mass is 10.2. The van der Waals surface area contributed by atoms with Crippen LogP contribution in [-0.2, 0) is 9.53 Å². The Bertz CT molecular complexity index is 447. The Hall–Kier alpha value is -1.42. The van der Waals surface area contributed by atoms with E-state index in [1.54, 1.807) is 0 Å². The molecular weight excluding hydrogens is 254 g/mol. The van der Waals surface area contributed by atoms with Gasteiger partial charge in [-0.05, 0) is 38.9 Å². The second-order valence-corrected chi connectivity index (χ2v) is 10.9. The largest absolute Gasteiger partial charge is 0.457 e. The summed E-state index contributed by atoms with van der Waals surface area (Å²) in [6, 6.07) is 6.87. The van der Waals surface area contributed by atoms with Crippen LogP contribution in [0.4, 0.5) is 0 Å². The summed E-state index contributed by atoms with van der Waals surface area (Å²) in [5.41, 5.74) is -0.435. The topological polar surface area (TPSA) is 39.2 Å². The summed E-state index contributed by atoms with van der Waals surface area (Å²) in [6.07, 6.45) is 5.26. The van der Waals surface area contributed by atoms with Gasteiger partial charge in [0.15, 0.2) is 0 Å². The van der Waals surface area contributed by atoms with E-state index >= 15 is 0 Å². The Morgan fingerprint density at radius 2 is 2.05 bits per heavy atom. The highest BCUT2D eigenvalue weighted by Gasteiger charge is 2.23. The second kappa shape index (κ2) is 6.15. The van der Waals surface area contributed by atoms with Crippen molar-refractivity contribution in [2.45, 2.75) is 45.5 Å². The lowest BCUT2D eigenvalue weighted by molar-refractivity contribution is -0.148. The normalized spacial score (nSPS) is 12.7. The number of aromatic nitrogens is 1. The third-order valence-corrected chi connectivity index (χ3v) is 5.59. The number of nitrogens with zero attached hydrogens (tertiary/aromatic N) is 1. The first-order valence-corrected chi connectivity index (χ1v) is 9.72. The number of hydrogen-bond acceptors (Lipinski definition) is 3. The predicted octanol–water partition coefficient (Wildman–Crippen LogP) is 2.89. The molecule has 4 heteroatoms. The molecule has 0 radical (unpaired) electrons. The summed E-state index contributed by atoms with van der Waals surface area (Å²) in [6.45, 7) is 10.1. The highest BCUT2D eigenvalue weighted by atomic mass is 28.3. The van der Waals surface area contributed by atoms with Crippen molar-refractivity contribution in [2.24, 2.45) is 0 Å². The number of ether oxygens (including phenoxy) is 1. The molecule has 1 aromatic heterocycles. The SMILES string of the molecule is CC(C)(C)OC(=O)/C=C/C[Si](C)(C)c1ccccn1. The lowest BCUT2D eigenvalue weighted by Crippen LogP contribution is -2.42. The molecule has 0 spiro atoms. The number of carbonyl (C=O) groups is 1. The van der Waals surface area contributed by atoms with Gasteiger partial charge in [-0.15, -0.1) is 0 Å². The fraction of sp³-hybridized carbons (Fsp3) is 0.467. The van der Waals surface area contributed by atoms with Crippen LogP contribution in [0.3, 0.4) is 0 Å². The molecule has 0 aliphatic rings. The maximum atomic E-state index is 11.6. The molecule has 0 saturated heterocycles. The third kappa shape index (κ3) is 5.83. The summed E-state index contributed by atoms with van der Waals surface area (Å²) in [5, 5.41) is 1.16. The molecule has 0 aliphatic heterocycles. The monoisotopic (exact) mass is 277 g/mol. The van der Waals surface area contributed by atoms with Gasteiger partial charge in [0.1, 0.15) is 13.7 Å². The van der Waals surface area contributed by atoms with Gasteiger partial charge in [-0.3, -0.25) is 4.98 Å². The zero-order valence-electron chi connectivity index (χ0n) is 12.4. The maximum absolute atomic E-state index is 11.6. The number of hydrogen-bond donors (Lipinski definition) is 0. The zero-order chi connectivity index (χ0) is 14.5.